The summed E-state index contributed by atoms with van der Waals surface area (Å²) < 4.78 is 17.6. The van der Waals surface area contributed by atoms with Crippen LogP contribution >= 0.6 is 0 Å². The zero-order valence-corrected chi connectivity index (χ0v) is 31.0. The van der Waals surface area contributed by atoms with Gasteiger partial charge in [0, 0.05) is 37.7 Å². The second-order valence-corrected chi connectivity index (χ2v) is 16.1. The van der Waals surface area contributed by atoms with Crippen molar-refractivity contribution in [3.63, 3.8) is 0 Å². The quantitative estimate of drug-likeness (QED) is 0.197. The molecule has 1 aromatic heterocycles. The Morgan fingerprint density at radius 2 is 1.65 bits per heavy atom. The maximum absolute atomic E-state index is 15.9. The highest BCUT2D eigenvalue weighted by atomic mass is 19.1. The molecule has 1 unspecified atom stereocenters. The van der Waals surface area contributed by atoms with E-state index in [-0.39, 0.29) is 41.8 Å². The standard InChI is InChI=1S/C40H57FN6O4/c1-6-8-30-22-46(21-25-9-10-29(30)19-25)40(51)36(44-34(48)7-2)24(5)28-15-16-32(31(41)20-28)43-39(50)37(35(26-11-12-26)27-13-14-27)45-38(49)33-17-18-42-47(33)23(3)4/h15-18,20,23-27,29-30,35-37H,6-14,19,21-22H2,1-5H3,(H,43,50)(H,44,48)(H,45,49)/t24-,25-,29?,30-,36+,37-/m0/s1. The van der Waals surface area contributed by atoms with E-state index >= 15 is 4.39 Å². The second-order valence-electron chi connectivity index (χ2n) is 16.1. The van der Waals surface area contributed by atoms with Crippen LogP contribution in [0, 0.1) is 41.3 Å². The number of nitrogens with zero attached hydrogens (tertiary/aromatic N) is 3. The summed E-state index contributed by atoms with van der Waals surface area (Å²) in [4.78, 5) is 56.5. The van der Waals surface area contributed by atoms with Crippen LogP contribution in [0.3, 0.4) is 0 Å². The molecule has 6 rings (SSSR count). The van der Waals surface area contributed by atoms with E-state index in [2.05, 4.69) is 28.0 Å². The number of rotatable bonds is 15. The van der Waals surface area contributed by atoms with Crippen LogP contribution in [0.15, 0.2) is 30.5 Å². The first kappa shape index (κ1) is 37.0. The topological polar surface area (TPSA) is 125 Å². The lowest BCUT2D eigenvalue weighted by atomic mass is 9.86. The van der Waals surface area contributed by atoms with Crippen molar-refractivity contribution in [2.24, 2.45) is 35.5 Å². The van der Waals surface area contributed by atoms with Crippen molar-refractivity contribution < 1.29 is 23.6 Å². The average molecular weight is 705 g/mol. The molecule has 1 saturated heterocycles. The highest BCUT2D eigenvalue weighted by Crippen LogP contribution is 2.51. The SMILES string of the molecule is CCC[C@H]1CN(C(=O)[C@H](NC(=O)CC)[C@@H](C)c2ccc(NC(=O)[C@@H](NC(=O)c3ccnn3C(C)C)C(C3CC3)C3CC3)c(F)c2)C[C@H]2CCC1C2. The zero-order valence-electron chi connectivity index (χ0n) is 31.0. The fourth-order valence-corrected chi connectivity index (χ4v) is 8.94. The number of hydrogen-bond acceptors (Lipinski definition) is 5. The van der Waals surface area contributed by atoms with Gasteiger partial charge >= 0.3 is 0 Å². The van der Waals surface area contributed by atoms with Crippen molar-refractivity contribution in [1.82, 2.24) is 25.3 Å². The Balaban J connectivity index is 1.20. The van der Waals surface area contributed by atoms with Crippen LogP contribution in [0.5, 0.6) is 0 Å². The Kier molecular flexibility index (Phi) is 11.5. The molecule has 4 aliphatic rings. The molecule has 0 spiro atoms. The van der Waals surface area contributed by atoms with Gasteiger partial charge in [0.15, 0.2) is 0 Å². The van der Waals surface area contributed by atoms with Gasteiger partial charge in [-0.3, -0.25) is 23.9 Å². The molecule has 0 radical (unpaired) electrons. The number of halogens is 1. The molecule has 10 nitrogen and oxygen atoms in total. The van der Waals surface area contributed by atoms with E-state index in [0.717, 1.165) is 51.4 Å². The number of likely N-dealkylation sites (tertiary alicyclic amines) is 1. The summed E-state index contributed by atoms with van der Waals surface area (Å²) in [5.41, 5.74) is 0.951. The maximum atomic E-state index is 15.9. The molecule has 3 aliphatic carbocycles. The molecule has 6 atom stereocenters. The van der Waals surface area contributed by atoms with E-state index < -0.39 is 29.7 Å². The second kappa shape index (κ2) is 15.9. The molecule has 4 fully saturated rings. The molecule has 11 heteroatoms. The van der Waals surface area contributed by atoms with Gasteiger partial charge in [0.2, 0.25) is 17.7 Å². The van der Waals surface area contributed by atoms with E-state index in [1.54, 1.807) is 29.9 Å². The third-order valence-electron chi connectivity index (χ3n) is 12.0. The van der Waals surface area contributed by atoms with Gasteiger partial charge in [0.1, 0.15) is 23.6 Å². The number of benzene rings is 1. The first-order valence-corrected chi connectivity index (χ1v) is 19.5. The molecule has 4 amide bonds. The number of fused-ring (bicyclic) bond motifs is 2. The van der Waals surface area contributed by atoms with Crippen LogP contribution < -0.4 is 16.0 Å². The predicted molar refractivity (Wildman–Crippen MR) is 194 cm³/mol. The van der Waals surface area contributed by atoms with Crippen molar-refractivity contribution in [1.29, 1.82) is 0 Å². The molecule has 3 N–H and O–H groups in total. The predicted octanol–water partition coefficient (Wildman–Crippen LogP) is 6.45. The minimum atomic E-state index is -0.840. The van der Waals surface area contributed by atoms with Gasteiger partial charge in [-0.15, -0.1) is 0 Å². The van der Waals surface area contributed by atoms with Gasteiger partial charge < -0.3 is 20.9 Å². The monoisotopic (exact) mass is 704 g/mol. The van der Waals surface area contributed by atoms with Crippen LogP contribution in [0.4, 0.5) is 10.1 Å². The maximum Gasteiger partial charge on any atom is 0.270 e. The smallest absolute Gasteiger partial charge is 0.270 e. The molecule has 51 heavy (non-hydrogen) atoms. The molecule has 2 heterocycles. The summed E-state index contributed by atoms with van der Waals surface area (Å²) in [5, 5.41) is 13.1. The minimum absolute atomic E-state index is 0.0131. The van der Waals surface area contributed by atoms with Crippen molar-refractivity contribution in [3.05, 3.63) is 47.5 Å². The molecule has 278 valence electrons. The lowest BCUT2D eigenvalue weighted by Gasteiger charge is -2.35. The van der Waals surface area contributed by atoms with Gasteiger partial charge in [0.05, 0.1) is 5.69 Å². The number of carbonyl (C=O) groups is 4. The zero-order chi connectivity index (χ0) is 36.4. The Hall–Kier alpha value is -3.76. The van der Waals surface area contributed by atoms with E-state index in [0.29, 0.717) is 53.9 Å². The third-order valence-corrected chi connectivity index (χ3v) is 12.0. The average Bonchev–Trinajstić information content (AvgIpc) is 4.03. The van der Waals surface area contributed by atoms with Crippen molar-refractivity contribution >= 4 is 29.3 Å². The van der Waals surface area contributed by atoms with Crippen LogP contribution in [0.25, 0.3) is 0 Å². The van der Waals surface area contributed by atoms with Crippen LogP contribution in [0.1, 0.15) is 127 Å². The van der Waals surface area contributed by atoms with Crippen molar-refractivity contribution in [2.75, 3.05) is 18.4 Å². The van der Waals surface area contributed by atoms with E-state index in [4.69, 9.17) is 0 Å². The minimum Gasteiger partial charge on any atom is -0.344 e. The van der Waals surface area contributed by atoms with Crippen LogP contribution in [0.2, 0.25) is 0 Å². The Labute approximate surface area is 302 Å². The summed E-state index contributed by atoms with van der Waals surface area (Å²) >= 11 is 0. The number of nitrogens with one attached hydrogen (secondary N) is 3. The Morgan fingerprint density at radius 3 is 2.27 bits per heavy atom. The molecular formula is C40H57FN6O4. The summed E-state index contributed by atoms with van der Waals surface area (Å²) in [5.74, 6) is -0.0456. The summed E-state index contributed by atoms with van der Waals surface area (Å²) in [6, 6.07) is 4.56. The Bertz CT molecular complexity index is 1570. The van der Waals surface area contributed by atoms with Crippen molar-refractivity contribution in [3.8, 4) is 0 Å². The number of amides is 4. The fraction of sp³-hybridized carbons (Fsp3) is 0.675. The van der Waals surface area contributed by atoms with Gasteiger partial charge in [0.25, 0.3) is 5.91 Å². The van der Waals surface area contributed by atoms with Gasteiger partial charge in [-0.2, -0.15) is 5.10 Å². The summed E-state index contributed by atoms with van der Waals surface area (Å²) in [6.07, 6.45) is 11.5. The normalized spacial score (nSPS) is 23.5. The van der Waals surface area contributed by atoms with E-state index in [1.807, 2.05) is 25.7 Å². The van der Waals surface area contributed by atoms with Gasteiger partial charge in [-0.25, -0.2) is 4.39 Å². The van der Waals surface area contributed by atoms with Crippen LogP contribution in [-0.4, -0.2) is 63.5 Å². The van der Waals surface area contributed by atoms with E-state index in [9.17, 15) is 19.2 Å². The molecule has 3 saturated carbocycles. The number of anilines is 1. The fourth-order valence-electron chi connectivity index (χ4n) is 8.94. The largest absolute Gasteiger partial charge is 0.344 e. The van der Waals surface area contributed by atoms with E-state index in [1.165, 1.54) is 18.6 Å². The Morgan fingerprint density at radius 1 is 0.922 bits per heavy atom. The molecule has 1 aromatic carbocycles. The first-order valence-electron chi connectivity index (χ1n) is 19.5. The first-order chi connectivity index (χ1) is 24.5. The number of carbonyl (C=O) groups excluding carboxylic acids is 4. The lowest BCUT2D eigenvalue weighted by molar-refractivity contribution is -0.138. The molecule has 1 aliphatic heterocycles. The number of hydrogen-bond donors (Lipinski definition) is 3. The van der Waals surface area contributed by atoms with Gasteiger partial charge in [-0.05, 0) is 124 Å². The lowest BCUT2D eigenvalue weighted by Crippen LogP contribution is -2.52. The van der Waals surface area contributed by atoms with Gasteiger partial charge in [-0.1, -0.05) is 33.3 Å². The van der Waals surface area contributed by atoms with Crippen molar-refractivity contribution in [2.45, 2.75) is 123 Å². The molecule has 2 bridgehead atoms. The third kappa shape index (κ3) is 8.49. The van der Waals surface area contributed by atoms with Crippen LogP contribution in [-0.2, 0) is 14.4 Å². The molecular weight excluding hydrogens is 647 g/mol. The molecule has 2 aromatic rings. The number of aromatic nitrogens is 2. The highest BCUT2D eigenvalue weighted by molar-refractivity contribution is 6.01. The summed E-state index contributed by atoms with van der Waals surface area (Å²) in [6.45, 7) is 11.1. The summed E-state index contributed by atoms with van der Waals surface area (Å²) in [7, 11) is 0. The highest BCUT2D eigenvalue weighted by Gasteiger charge is 2.49.